The summed E-state index contributed by atoms with van der Waals surface area (Å²) in [6, 6.07) is 5.25. The van der Waals surface area contributed by atoms with E-state index in [0.717, 1.165) is 10.9 Å². The molecule has 0 unspecified atom stereocenters. The first-order valence-electron chi connectivity index (χ1n) is 5.91. The number of halogens is 1. The van der Waals surface area contributed by atoms with Crippen molar-refractivity contribution in [3.8, 4) is 5.75 Å². The Hall–Kier alpha value is -1.23. The minimum atomic E-state index is -0.216. The van der Waals surface area contributed by atoms with Crippen LogP contribution in [0.15, 0.2) is 22.7 Å². The molecule has 0 radical (unpaired) electrons. The number of anilines is 1. The number of hydrogen-bond donors (Lipinski definition) is 2. The lowest BCUT2D eigenvalue weighted by Gasteiger charge is -2.12. The summed E-state index contributed by atoms with van der Waals surface area (Å²) in [6.07, 6.45) is 0.961. The average molecular weight is 315 g/mol. The zero-order chi connectivity index (χ0) is 13.5. The number of carbonyl (C=O) groups is 1. The van der Waals surface area contributed by atoms with Crippen molar-refractivity contribution in [2.75, 3.05) is 19.0 Å². The standard InChI is InChI=1S/C13H19BrN2O2/c1-9(2)6-7-15-13(17)16-11-8-10(14)4-5-12(11)18-3/h4-5,8-9H,6-7H2,1-3H3,(H2,15,16,17). The van der Waals surface area contributed by atoms with E-state index in [2.05, 4.69) is 40.4 Å². The third-order valence-corrected chi connectivity index (χ3v) is 2.91. The molecule has 1 aromatic rings. The number of hydrogen-bond acceptors (Lipinski definition) is 2. The van der Waals surface area contributed by atoms with Gasteiger partial charge in [0.15, 0.2) is 0 Å². The molecule has 2 N–H and O–H groups in total. The second-order valence-corrected chi connectivity index (χ2v) is 5.32. The number of urea groups is 1. The molecule has 0 aliphatic carbocycles. The Balaban J connectivity index is 2.55. The van der Waals surface area contributed by atoms with Gasteiger partial charge in [0, 0.05) is 11.0 Å². The number of benzene rings is 1. The molecule has 18 heavy (non-hydrogen) atoms. The van der Waals surface area contributed by atoms with Crippen LogP contribution >= 0.6 is 15.9 Å². The van der Waals surface area contributed by atoms with Crippen molar-refractivity contribution in [1.82, 2.24) is 5.32 Å². The lowest BCUT2D eigenvalue weighted by molar-refractivity contribution is 0.251. The van der Waals surface area contributed by atoms with Crippen LogP contribution in [0, 0.1) is 5.92 Å². The highest BCUT2D eigenvalue weighted by Gasteiger charge is 2.07. The Bertz CT molecular complexity index is 408. The van der Waals surface area contributed by atoms with E-state index < -0.39 is 0 Å². The van der Waals surface area contributed by atoms with Gasteiger partial charge in [0.1, 0.15) is 5.75 Å². The molecule has 0 bridgehead atoms. The molecular weight excluding hydrogens is 296 g/mol. The molecule has 0 aromatic heterocycles. The van der Waals surface area contributed by atoms with Crippen LogP contribution in [0.1, 0.15) is 20.3 Å². The molecule has 0 aliphatic heterocycles. The van der Waals surface area contributed by atoms with E-state index in [1.807, 2.05) is 6.07 Å². The van der Waals surface area contributed by atoms with Crippen molar-refractivity contribution in [2.45, 2.75) is 20.3 Å². The van der Waals surface area contributed by atoms with Gasteiger partial charge in [-0.2, -0.15) is 0 Å². The van der Waals surface area contributed by atoms with Crippen molar-refractivity contribution in [3.63, 3.8) is 0 Å². The molecule has 0 atom stereocenters. The maximum absolute atomic E-state index is 11.7. The fourth-order valence-electron chi connectivity index (χ4n) is 1.42. The molecular formula is C13H19BrN2O2. The fourth-order valence-corrected chi connectivity index (χ4v) is 1.78. The van der Waals surface area contributed by atoms with Crippen molar-refractivity contribution in [2.24, 2.45) is 5.92 Å². The third-order valence-electron chi connectivity index (χ3n) is 2.42. The minimum absolute atomic E-state index is 0.216. The van der Waals surface area contributed by atoms with Crippen molar-refractivity contribution < 1.29 is 9.53 Å². The second-order valence-electron chi connectivity index (χ2n) is 4.41. The maximum Gasteiger partial charge on any atom is 0.319 e. The summed E-state index contributed by atoms with van der Waals surface area (Å²) in [7, 11) is 1.57. The van der Waals surface area contributed by atoms with Crippen molar-refractivity contribution >= 4 is 27.6 Å². The first-order valence-corrected chi connectivity index (χ1v) is 6.70. The van der Waals surface area contributed by atoms with E-state index >= 15 is 0 Å². The van der Waals surface area contributed by atoms with E-state index in [1.165, 1.54) is 0 Å². The summed E-state index contributed by atoms with van der Waals surface area (Å²) in [5.74, 6) is 1.21. The van der Waals surface area contributed by atoms with E-state index in [0.29, 0.717) is 23.9 Å². The molecule has 1 rings (SSSR count). The van der Waals surface area contributed by atoms with E-state index in [-0.39, 0.29) is 6.03 Å². The number of methoxy groups -OCH3 is 1. The monoisotopic (exact) mass is 314 g/mol. The highest BCUT2D eigenvalue weighted by Crippen LogP contribution is 2.27. The van der Waals surface area contributed by atoms with Crippen LogP contribution < -0.4 is 15.4 Å². The number of nitrogens with one attached hydrogen (secondary N) is 2. The molecule has 0 saturated carbocycles. The second kappa shape index (κ2) is 7.26. The third kappa shape index (κ3) is 4.96. The Kier molecular flexibility index (Phi) is 5.98. The zero-order valence-corrected chi connectivity index (χ0v) is 12.5. The van der Waals surface area contributed by atoms with Gasteiger partial charge < -0.3 is 15.4 Å². The molecule has 0 aliphatic rings. The largest absolute Gasteiger partial charge is 0.495 e. The molecule has 2 amide bonds. The SMILES string of the molecule is COc1ccc(Br)cc1NC(=O)NCCC(C)C. The van der Waals surface area contributed by atoms with Crippen molar-refractivity contribution in [3.05, 3.63) is 22.7 Å². The molecule has 0 spiro atoms. The summed E-state index contributed by atoms with van der Waals surface area (Å²) in [5, 5.41) is 5.58. The van der Waals surface area contributed by atoms with Gasteiger partial charge in [0.2, 0.25) is 0 Å². The zero-order valence-electron chi connectivity index (χ0n) is 10.9. The lowest BCUT2D eigenvalue weighted by Crippen LogP contribution is -2.30. The number of rotatable bonds is 5. The predicted octanol–water partition coefficient (Wildman–Crippen LogP) is 3.63. The normalized spacial score (nSPS) is 10.3. The van der Waals surface area contributed by atoms with E-state index in [9.17, 15) is 4.79 Å². The quantitative estimate of drug-likeness (QED) is 0.872. The first-order chi connectivity index (χ1) is 8.52. The highest BCUT2D eigenvalue weighted by atomic mass is 79.9. The van der Waals surface area contributed by atoms with Crippen LogP contribution in [-0.4, -0.2) is 19.7 Å². The molecule has 100 valence electrons. The Labute approximate surface area is 116 Å². The number of carbonyl (C=O) groups excluding carboxylic acids is 1. The molecule has 1 aromatic carbocycles. The Morgan fingerprint density at radius 1 is 1.44 bits per heavy atom. The van der Waals surface area contributed by atoms with Crippen LogP contribution in [0.25, 0.3) is 0 Å². The first kappa shape index (κ1) is 14.8. The van der Waals surface area contributed by atoms with Gasteiger partial charge in [0.25, 0.3) is 0 Å². The van der Waals surface area contributed by atoms with Crippen LogP contribution in [0.5, 0.6) is 5.75 Å². The molecule has 0 saturated heterocycles. The smallest absolute Gasteiger partial charge is 0.319 e. The number of amides is 2. The summed E-state index contributed by atoms with van der Waals surface area (Å²) in [6.45, 7) is 4.91. The van der Waals surface area contributed by atoms with Gasteiger partial charge in [-0.15, -0.1) is 0 Å². The average Bonchev–Trinajstić information content (AvgIpc) is 2.28. The van der Waals surface area contributed by atoms with Gasteiger partial charge in [-0.3, -0.25) is 0 Å². The number of ether oxygens (including phenoxy) is 1. The van der Waals surface area contributed by atoms with Gasteiger partial charge in [-0.25, -0.2) is 4.79 Å². The van der Waals surface area contributed by atoms with Gasteiger partial charge >= 0.3 is 6.03 Å². The fraction of sp³-hybridized carbons (Fsp3) is 0.462. The van der Waals surface area contributed by atoms with Crippen LogP contribution in [0.4, 0.5) is 10.5 Å². The van der Waals surface area contributed by atoms with Crippen LogP contribution in [-0.2, 0) is 0 Å². The van der Waals surface area contributed by atoms with E-state index in [4.69, 9.17) is 4.74 Å². The van der Waals surface area contributed by atoms with E-state index in [1.54, 1.807) is 19.2 Å². The van der Waals surface area contributed by atoms with Gasteiger partial charge in [0.05, 0.1) is 12.8 Å². The summed E-state index contributed by atoms with van der Waals surface area (Å²) in [5.41, 5.74) is 0.647. The lowest BCUT2D eigenvalue weighted by atomic mass is 10.1. The van der Waals surface area contributed by atoms with Gasteiger partial charge in [-0.1, -0.05) is 29.8 Å². The summed E-state index contributed by atoms with van der Waals surface area (Å²) >= 11 is 3.36. The minimum Gasteiger partial charge on any atom is -0.495 e. The Morgan fingerprint density at radius 2 is 2.17 bits per heavy atom. The predicted molar refractivity (Wildman–Crippen MR) is 77.2 cm³/mol. The topological polar surface area (TPSA) is 50.4 Å². The van der Waals surface area contributed by atoms with Crippen molar-refractivity contribution in [1.29, 1.82) is 0 Å². The molecule has 5 heteroatoms. The summed E-state index contributed by atoms with van der Waals surface area (Å²) in [4.78, 5) is 11.7. The highest BCUT2D eigenvalue weighted by molar-refractivity contribution is 9.10. The molecule has 4 nitrogen and oxygen atoms in total. The van der Waals surface area contributed by atoms with Crippen LogP contribution in [0.3, 0.4) is 0 Å². The molecule has 0 heterocycles. The van der Waals surface area contributed by atoms with Crippen LogP contribution in [0.2, 0.25) is 0 Å². The maximum atomic E-state index is 11.7. The van der Waals surface area contributed by atoms with Gasteiger partial charge in [-0.05, 0) is 30.5 Å². The Morgan fingerprint density at radius 3 is 2.78 bits per heavy atom. The summed E-state index contributed by atoms with van der Waals surface area (Å²) < 4.78 is 6.07. The molecule has 0 fully saturated rings.